The van der Waals surface area contributed by atoms with Crippen LogP contribution in [0, 0.1) is 0 Å². The van der Waals surface area contributed by atoms with Crippen LogP contribution in [0.15, 0.2) is 34.2 Å². The number of ether oxygens (including phenoxy) is 1. The Morgan fingerprint density at radius 2 is 1.96 bits per heavy atom. The topological polar surface area (TPSA) is 91.8 Å². The van der Waals surface area contributed by atoms with Crippen molar-refractivity contribution in [3.8, 4) is 0 Å². The van der Waals surface area contributed by atoms with Crippen molar-refractivity contribution < 1.29 is 13.2 Å². The van der Waals surface area contributed by atoms with Gasteiger partial charge in [-0.25, -0.2) is 13.1 Å². The molecule has 0 spiro atoms. The fourth-order valence-electron chi connectivity index (χ4n) is 2.79. The molecule has 0 amide bonds. The van der Waals surface area contributed by atoms with Crippen LogP contribution in [0.5, 0.6) is 0 Å². The molecule has 1 aromatic rings. The second-order valence-electron chi connectivity index (χ2n) is 7.40. The third-order valence-electron chi connectivity index (χ3n) is 3.89. The number of nitrogens with one attached hydrogen (secondary N) is 3. The maximum absolute atomic E-state index is 12.7. The van der Waals surface area contributed by atoms with E-state index in [9.17, 15) is 8.42 Å². The van der Waals surface area contributed by atoms with E-state index < -0.39 is 15.6 Å². The average Bonchev–Trinajstić information content (AvgIpc) is 3.06. The van der Waals surface area contributed by atoms with E-state index in [0.717, 1.165) is 19.4 Å². The Balaban J connectivity index is 0.00000364. The maximum atomic E-state index is 12.7. The summed E-state index contributed by atoms with van der Waals surface area (Å²) in [6.45, 7) is 7.31. The summed E-state index contributed by atoms with van der Waals surface area (Å²) in [6.07, 6.45) is 2.34. The summed E-state index contributed by atoms with van der Waals surface area (Å²) in [4.78, 5) is 4.46. The quantitative estimate of drug-likeness (QED) is 0.310. The summed E-state index contributed by atoms with van der Waals surface area (Å²) >= 11 is 0. The molecular weight excluding hydrogens is 479 g/mol. The molecule has 1 aliphatic heterocycles. The number of sulfonamides is 1. The summed E-state index contributed by atoms with van der Waals surface area (Å²) in [7, 11) is -1.91. The predicted octanol–water partition coefficient (Wildman–Crippen LogP) is 2.23. The Labute approximate surface area is 179 Å². The van der Waals surface area contributed by atoms with E-state index in [4.69, 9.17) is 4.74 Å². The number of guanidine groups is 1. The van der Waals surface area contributed by atoms with Crippen LogP contribution in [0.3, 0.4) is 0 Å². The van der Waals surface area contributed by atoms with Crippen molar-refractivity contribution in [3.63, 3.8) is 0 Å². The van der Waals surface area contributed by atoms with Gasteiger partial charge in [0, 0.05) is 32.3 Å². The molecule has 9 heteroatoms. The van der Waals surface area contributed by atoms with Gasteiger partial charge in [-0.2, -0.15) is 0 Å². The van der Waals surface area contributed by atoms with Gasteiger partial charge in [-0.15, -0.1) is 24.0 Å². The highest BCUT2D eigenvalue weighted by atomic mass is 127. The number of aliphatic imine (C=N–C) groups is 1. The van der Waals surface area contributed by atoms with E-state index in [0.29, 0.717) is 24.6 Å². The second kappa shape index (κ2) is 10.6. The molecule has 1 saturated heterocycles. The normalized spacial score (nSPS) is 18.1. The summed E-state index contributed by atoms with van der Waals surface area (Å²) in [6, 6.07) is 6.98. The van der Waals surface area contributed by atoms with Crippen LogP contribution in [-0.4, -0.2) is 46.2 Å². The number of rotatable bonds is 6. The lowest BCUT2D eigenvalue weighted by molar-refractivity contribution is 0.114. The molecule has 7 nitrogen and oxygen atoms in total. The van der Waals surface area contributed by atoms with Gasteiger partial charge < -0.3 is 15.4 Å². The fraction of sp³-hybridized carbons (Fsp3) is 0.611. The van der Waals surface area contributed by atoms with Crippen LogP contribution in [0.1, 0.15) is 39.2 Å². The maximum Gasteiger partial charge on any atom is 0.241 e. The Kier molecular flexibility index (Phi) is 9.46. The van der Waals surface area contributed by atoms with E-state index in [1.807, 2.05) is 26.8 Å². The lowest BCUT2D eigenvalue weighted by atomic mass is 10.1. The van der Waals surface area contributed by atoms with E-state index in [-0.39, 0.29) is 35.0 Å². The molecule has 154 valence electrons. The molecule has 0 aliphatic carbocycles. The minimum Gasteiger partial charge on any atom is -0.376 e. The van der Waals surface area contributed by atoms with Crippen molar-refractivity contribution in [2.24, 2.45) is 4.99 Å². The first-order chi connectivity index (χ1) is 12.2. The molecule has 0 aromatic heterocycles. The minimum absolute atomic E-state index is 0. The monoisotopic (exact) mass is 510 g/mol. The van der Waals surface area contributed by atoms with Crippen LogP contribution in [-0.2, 0) is 21.3 Å². The van der Waals surface area contributed by atoms with Crippen LogP contribution in [0.25, 0.3) is 0 Å². The molecule has 1 unspecified atom stereocenters. The van der Waals surface area contributed by atoms with E-state index in [1.165, 1.54) is 0 Å². The highest BCUT2D eigenvalue weighted by Gasteiger charge is 2.24. The minimum atomic E-state index is -3.60. The zero-order valence-electron chi connectivity index (χ0n) is 16.4. The standard InChI is InChI=1S/C18H30N4O3S.HI/c1-18(2,3)22-26(23,24)16-10-6-5-8-14(16)12-20-17(19-4)21-13-15-9-7-11-25-15;/h5-6,8,10,15,22H,7,9,11-13H2,1-4H3,(H2,19,20,21);1H. The summed E-state index contributed by atoms with van der Waals surface area (Å²) < 4.78 is 33.6. The molecule has 0 saturated carbocycles. The van der Waals surface area contributed by atoms with Gasteiger partial charge in [0.05, 0.1) is 11.0 Å². The third-order valence-corrected chi connectivity index (χ3v) is 5.75. The van der Waals surface area contributed by atoms with Crippen LogP contribution < -0.4 is 15.4 Å². The average molecular weight is 510 g/mol. The smallest absolute Gasteiger partial charge is 0.241 e. The number of hydrogen-bond acceptors (Lipinski definition) is 4. The first-order valence-corrected chi connectivity index (χ1v) is 10.4. The Hall–Kier alpha value is -0.910. The summed E-state index contributed by atoms with van der Waals surface area (Å²) in [5.41, 5.74) is 0.141. The molecule has 3 N–H and O–H groups in total. The molecule has 1 aliphatic rings. The van der Waals surface area contributed by atoms with Gasteiger partial charge in [0.25, 0.3) is 0 Å². The Bertz CT molecular complexity index is 726. The van der Waals surface area contributed by atoms with Crippen molar-refractivity contribution >= 4 is 40.0 Å². The van der Waals surface area contributed by atoms with Gasteiger partial charge in [-0.3, -0.25) is 4.99 Å². The number of benzene rings is 1. The lowest BCUT2D eigenvalue weighted by Crippen LogP contribution is -2.42. The number of hydrogen-bond donors (Lipinski definition) is 3. The van der Waals surface area contributed by atoms with Gasteiger partial charge in [0.2, 0.25) is 10.0 Å². The van der Waals surface area contributed by atoms with Gasteiger partial charge >= 0.3 is 0 Å². The highest BCUT2D eigenvalue weighted by Crippen LogP contribution is 2.17. The van der Waals surface area contributed by atoms with E-state index in [1.54, 1.807) is 25.2 Å². The summed E-state index contributed by atoms with van der Waals surface area (Å²) in [5.74, 6) is 0.622. The zero-order valence-corrected chi connectivity index (χ0v) is 19.6. The van der Waals surface area contributed by atoms with Crippen molar-refractivity contribution in [2.75, 3.05) is 20.2 Å². The first-order valence-electron chi connectivity index (χ1n) is 8.89. The van der Waals surface area contributed by atoms with Gasteiger partial charge in [-0.05, 0) is 45.2 Å². The molecule has 1 fully saturated rings. The number of halogens is 1. The molecule has 1 aromatic carbocycles. The van der Waals surface area contributed by atoms with Crippen molar-refractivity contribution in [2.45, 2.75) is 56.7 Å². The molecule has 0 radical (unpaired) electrons. The first kappa shape index (κ1) is 24.1. The largest absolute Gasteiger partial charge is 0.376 e. The fourth-order valence-corrected chi connectivity index (χ4v) is 4.44. The van der Waals surface area contributed by atoms with Crippen molar-refractivity contribution in [1.29, 1.82) is 0 Å². The van der Waals surface area contributed by atoms with Crippen LogP contribution in [0.2, 0.25) is 0 Å². The Morgan fingerprint density at radius 1 is 1.26 bits per heavy atom. The zero-order chi connectivity index (χ0) is 19.2. The molecule has 0 bridgehead atoms. The molecular formula is C18H31IN4O3S. The van der Waals surface area contributed by atoms with Gasteiger partial charge in [-0.1, -0.05) is 18.2 Å². The number of nitrogens with zero attached hydrogens (tertiary/aromatic N) is 1. The SMILES string of the molecule is CN=C(NCc1ccccc1S(=O)(=O)NC(C)(C)C)NCC1CCCO1.I. The van der Waals surface area contributed by atoms with Crippen molar-refractivity contribution in [3.05, 3.63) is 29.8 Å². The van der Waals surface area contributed by atoms with Crippen LogP contribution >= 0.6 is 24.0 Å². The highest BCUT2D eigenvalue weighted by molar-refractivity contribution is 14.0. The molecule has 2 rings (SSSR count). The Morgan fingerprint density at radius 3 is 2.56 bits per heavy atom. The van der Waals surface area contributed by atoms with Gasteiger partial charge in [0.1, 0.15) is 0 Å². The van der Waals surface area contributed by atoms with E-state index >= 15 is 0 Å². The van der Waals surface area contributed by atoms with Crippen LogP contribution in [0.4, 0.5) is 0 Å². The van der Waals surface area contributed by atoms with Crippen molar-refractivity contribution in [1.82, 2.24) is 15.4 Å². The molecule has 27 heavy (non-hydrogen) atoms. The molecule has 1 atom stereocenters. The second-order valence-corrected chi connectivity index (χ2v) is 9.06. The lowest BCUT2D eigenvalue weighted by Gasteiger charge is -2.22. The molecule has 1 heterocycles. The van der Waals surface area contributed by atoms with Gasteiger partial charge in [0.15, 0.2) is 5.96 Å². The predicted molar refractivity (Wildman–Crippen MR) is 119 cm³/mol. The van der Waals surface area contributed by atoms with E-state index in [2.05, 4.69) is 20.3 Å². The summed E-state index contributed by atoms with van der Waals surface area (Å²) in [5, 5.41) is 6.40. The third kappa shape index (κ3) is 7.92.